The third-order valence-electron chi connectivity index (χ3n) is 4.88. The van der Waals surface area contributed by atoms with Crippen molar-refractivity contribution in [2.24, 2.45) is 5.92 Å². The molecule has 1 aliphatic carbocycles. The van der Waals surface area contributed by atoms with Crippen molar-refractivity contribution in [1.82, 2.24) is 25.6 Å². The van der Waals surface area contributed by atoms with E-state index in [0.29, 0.717) is 0 Å². The molecule has 1 saturated heterocycles. The molecule has 0 spiro atoms. The molecule has 3 unspecified atom stereocenters. The van der Waals surface area contributed by atoms with Gasteiger partial charge in [-0.25, -0.2) is 0 Å². The number of hydrogen-bond acceptors (Lipinski definition) is 4. The molecule has 1 aromatic heterocycles. The van der Waals surface area contributed by atoms with Crippen LogP contribution in [0.4, 0.5) is 0 Å². The second-order valence-corrected chi connectivity index (χ2v) is 6.23. The Balaban J connectivity index is 1.42. The van der Waals surface area contributed by atoms with Crippen LogP contribution in [-0.2, 0) is 6.54 Å². The van der Waals surface area contributed by atoms with Gasteiger partial charge in [0.15, 0.2) is 0 Å². The summed E-state index contributed by atoms with van der Waals surface area (Å²) in [6, 6.07) is 1.48. The first kappa shape index (κ1) is 14.0. The number of aryl methyl sites for hydroxylation is 1. The van der Waals surface area contributed by atoms with Gasteiger partial charge in [0.05, 0.1) is 6.20 Å². The summed E-state index contributed by atoms with van der Waals surface area (Å²) in [6.07, 6.45) is 13.1. The molecule has 5 nitrogen and oxygen atoms in total. The van der Waals surface area contributed by atoms with Gasteiger partial charge >= 0.3 is 0 Å². The van der Waals surface area contributed by atoms with Crippen molar-refractivity contribution in [1.29, 1.82) is 0 Å². The summed E-state index contributed by atoms with van der Waals surface area (Å²) in [4.78, 5) is 0. The number of hydrogen-bond donors (Lipinski definition) is 2. The smallest absolute Gasteiger partial charge is 0.0692 e. The highest BCUT2D eigenvalue weighted by atomic mass is 15.4. The molecule has 2 heterocycles. The third-order valence-corrected chi connectivity index (χ3v) is 4.88. The molecular weight excluding hydrogens is 250 g/mol. The lowest BCUT2D eigenvalue weighted by Crippen LogP contribution is -2.47. The molecule has 1 saturated carbocycles. The molecule has 0 radical (unpaired) electrons. The average molecular weight is 277 g/mol. The van der Waals surface area contributed by atoms with Crippen LogP contribution >= 0.6 is 0 Å². The van der Waals surface area contributed by atoms with Crippen molar-refractivity contribution < 1.29 is 0 Å². The molecule has 3 rings (SSSR count). The van der Waals surface area contributed by atoms with Crippen LogP contribution < -0.4 is 10.6 Å². The first-order valence-electron chi connectivity index (χ1n) is 8.24. The topological polar surface area (TPSA) is 54.8 Å². The molecule has 2 N–H and O–H groups in total. The number of nitrogens with zero attached hydrogens (tertiary/aromatic N) is 3. The summed E-state index contributed by atoms with van der Waals surface area (Å²) in [5, 5.41) is 15.4. The molecule has 0 bridgehead atoms. The molecule has 5 heteroatoms. The van der Waals surface area contributed by atoms with Gasteiger partial charge in [-0.2, -0.15) is 0 Å². The SMILES string of the molecule is c1cn(CCCNC2CCCCC2C2CCCN2)nn1. The predicted molar refractivity (Wildman–Crippen MR) is 79.4 cm³/mol. The van der Waals surface area contributed by atoms with Crippen LogP contribution in [0.2, 0.25) is 0 Å². The fourth-order valence-corrected chi connectivity index (χ4v) is 3.85. The normalized spacial score (nSPS) is 30.7. The van der Waals surface area contributed by atoms with E-state index in [1.807, 2.05) is 10.9 Å². The predicted octanol–water partition coefficient (Wildman–Crippen LogP) is 1.57. The van der Waals surface area contributed by atoms with E-state index in [9.17, 15) is 0 Å². The van der Waals surface area contributed by atoms with E-state index in [-0.39, 0.29) is 0 Å². The molecular formula is C15H27N5. The average Bonchev–Trinajstić information content (AvgIpc) is 3.17. The van der Waals surface area contributed by atoms with Gasteiger partial charge < -0.3 is 10.6 Å². The Morgan fingerprint density at radius 1 is 1.20 bits per heavy atom. The number of aromatic nitrogens is 3. The van der Waals surface area contributed by atoms with Crippen LogP contribution in [0.5, 0.6) is 0 Å². The molecule has 1 aliphatic heterocycles. The molecule has 20 heavy (non-hydrogen) atoms. The number of nitrogens with one attached hydrogen (secondary N) is 2. The zero-order chi connectivity index (χ0) is 13.6. The second kappa shape index (κ2) is 7.18. The lowest BCUT2D eigenvalue weighted by Gasteiger charge is -2.36. The van der Waals surface area contributed by atoms with Gasteiger partial charge in [-0.05, 0) is 51.1 Å². The molecule has 2 fully saturated rings. The first-order valence-corrected chi connectivity index (χ1v) is 8.24. The molecule has 0 amide bonds. The van der Waals surface area contributed by atoms with Gasteiger partial charge in [-0.15, -0.1) is 5.10 Å². The van der Waals surface area contributed by atoms with Crippen LogP contribution in [0.25, 0.3) is 0 Å². The first-order chi connectivity index (χ1) is 9.93. The van der Waals surface area contributed by atoms with Crippen molar-refractivity contribution in [3.05, 3.63) is 12.4 Å². The lowest BCUT2D eigenvalue weighted by molar-refractivity contribution is 0.214. The Bertz CT molecular complexity index is 372. The van der Waals surface area contributed by atoms with Gasteiger partial charge in [0.1, 0.15) is 0 Å². The summed E-state index contributed by atoms with van der Waals surface area (Å²) in [5.74, 6) is 0.845. The highest BCUT2D eigenvalue weighted by molar-refractivity contribution is 4.91. The fraction of sp³-hybridized carbons (Fsp3) is 0.867. The van der Waals surface area contributed by atoms with E-state index in [0.717, 1.165) is 37.5 Å². The molecule has 0 aromatic carbocycles. The Hall–Kier alpha value is -0.940. The van der Waals surface area contributed by atoms with E-state index < -0.39 is 0 Å². The van der Waals surface area contributed by atoms with Crippen molar-refractivity contribution >= 4 is 0 Å². The minimum atomic E-state index is 0.718. The van der Waals surface area contributed by atoms with Crippen LogP contribution in [0.15, 0.2) is 12.4 Å². The minimum absolute atomic E-state index is 0.718. The van der Waals surface area contributed by atoms with E-state index >= 15 is 0 Å². The van der Waals surface area contributed by atoms with Crippen LogP contribution in [0.1, 0.15) is 44.9 Å². The summed E-state index contributed by atoms with van der Waals surface area (Å²) in [6.45, 7) is 3.28. The van der Waals surface area contributed by atoms with E-state index in [2.05, 4.69) is 20.9 Å². The molecule has 112 valence electrons. The minimum Gasteiger partial charge on any atom is -0.314 e. The highest BCUT2D eigenvalue weighted by Gasteiger charge is 2.32. The maximum atomic E-state index is 4.01. The monoisotopic (exact) mass is 277 g/mol. The quantitative estimate of drug-likeness (QED) is 0.775. The van der Waals surface area contributed by atoms with E-state index in [1.165, 1.54) is 45.1 Å². The largest absolute Gasteiger partial charge is 0.314 e. The number of rotatable bonds is 6. The van der Waals surface area contributed by atoms with Crippen molar-refractivity contribution in [3.63, 3.8) is 0 Å². The summed E-state index contributed by atoms with van der Waals surface area (Å²) in [7, 11) is 0. The van der Waals surface area contributed by atoms with E-state index in [1.54, 1.807) is 6.20 Å². The summed E-state index contributed by atoms with van der Waals surface area (Å²) < 4.78 is 1.92. The zero-order valence-corrected chi connectivity index (χ0v) is 12.3. The van der Waals surface area contributed by atoms with E-state index in [4.69, 9.17) is 0 Å². The molecule has 1 aromatic rings. The van der Waals surface area contributed by atoms with Gasteiger partial charge in [-0.3, -0.25) is 4.68 Å². The molecule has 3 atom stereocenters. The van der Waals surface area contributed by atoms with Crippen molar-refractivity contribution in [2.45, 2.75) is 63.6 Å². The standard InChI is InChI=1S/C15H27N5/c1-2-6-14(13(5-1)15-7-3-8-16-15)17-9-4-11-20-12-10-18-19-20/h10,12-17H,1-9,11H2. The van der Waals surface area contributed by atoms with Gasteiger partial charge in [0, 0.05) is 24.8 Å². The second-order valence-electron chi connectivity index (χ2n) is 6.23. The highest BCUT2D eigenvalue weighted by Crippen LogP contribution is 2.30. The Morgan fingerprint density at radius 3 is 2.95 bits per heavy atom. The maximum absolute atomic E-state index is 4.01. The van der Waals surface area contributed by atoms with Crippen LogP contribution in [0.3, 0.4) is 0 Å². The van der Waals surface area contributed by atoms with Crippen LogP contribution in [-0.4, -0.2) is 40.2 Å². The maximum Gasteiger partial charge on any atom is 0.0692 e. The van der Waals surface area contributed by atoms with Gasteiger partial charge in [0.2, 0.25) is 0 Å². The van der Waals surface area contributed by atoms with Gasteiger partial charge in [-0.1, -0.05) is 18.1 Å². The Kier molecular flexibility index (Phi) is 5.03. The molecule has 2 aliphatic rings. The Morgan fingerprint density at radius 2 is 2.15 bits per heavy atom. The van der Waals surface area contributed by atoms with Crippen LogP contribution in [0, 0.1) is 5.92 Å². The third kappa shape index (κ3) is 3.58. The van der Waals surface area contributed by atoms with Gasteiger partial charge in [0.25, 0.3) is 0 Å². The summed E-state index contributed by atoms with van der Waals surface area (Å²) >= 11 is 0. The fourth-order valence-electron chi connectivity index (χ4n) is 3.85. The Labute approximate surface area is 121 Å². The van der Waals surface area contributed by atoms with Crippen molar-refractivity contribution in [3.8, 4) is 0 Å². The summed E-state index contributed by atoms with van der Waals surface area (Å²) in [5.41, 5.74) is 0. The zero-order valence-electron chi connectivity index (χ0n) is 12.3. The van der Waals surface area contributed by atoms with Crippen molar-refractivity contribution in [2.75, 3.05) is 13.1 Å². The lowest BCUT2D eigenvalue weighted by atomic mass is 9.79.